The summed E-state index contributed by atoms with van der Waals surface area (Å²) in [4.78, 5) is 12.1. The van der Waals surface area contributed by atoms with Crippen molar-refractivity contribution in [2.45, 2.75) is 65.2 Å². The first kappa shape index (κ1) is 18.9. The van der Waals surface area contributed by atoms with Crippen molar-refractivity contribution in [1.82, 2.24) is 5.32 Å². The van der Waals surface area contributed by atoms with Crippen LogP contribution in [0.1, 0.15) is 47.0 Å². The molecule has 4 nitrogen and oxygen atoms in total. The highest BCUT2D eigenvalue weighted by Crippen LogP contribution is 2.29. The van der Waals surface area contributed by atoms with Gasteiger partial charge in [-0.1, -0.05) is 26.8 Å². The summed E-state index contributed by atoms with van der Waals surface area (Å²) in [6.45, 7) is 13.1. The molecule has 0 bridgehead atoms. The van der Waals surface area contributed by atoms with Gasteiger partial charge in [-0.25, -0.2) is 4.79 Å². The number of hydrogen-bond acceptors (Lipinski definition) is 4. The van der Waals surface area contributed by atoms with Crippen LogP contribution in [0.4, 0.5) is 0 Å². The van der Waals surface area contributed by atoms with Crippen molar-refractivity contribution in [3.05, 3.63) is 24.3 Å². The average molecular weight is 309 g/mol. The third-order valence-corrected chi connectivity index (χ3v) is 4.28. The standard InChI is InChI=1S/C18H31NO3/c1-6-10-19-16-11-14(18(20)21-9-4)12-17(13(16)5)22-15(7-2)8-3/h6,12-13,15-17,19H,1,7-11H2,2-5H3/t13-,16+,17-/m1/s1. The largest absolute Gasteiger partial charge is 0.463 e. The molecule has 0 aliphatic heterocycles. The molecule has 0 saturated carbocycles. The Bertz CT molecular complexity index is 388. The summed E-state index contributed by atoms with van der Waals surface area (Å²) >= 11 is 0. The van der Waals surface area contributed by atoms with Gasteiger partial charge >= 0.3 is 5.97 Å². The van der Waals surface area contributed by atoms with E-state index in [0.29, 0.717) is 18.9 Å². The first-order valence-corrected chi connectivity index (χ1v) is 8.44. The summed E-state index contributed by atoms with van der Waals surface area (Å²) < 4.78 is 11.4. The minimum absolute atomic E-state index is 0.0552. The van der Waals surface area contributed by atoms with Gasteiger partial charge in [0.05, 0.1) is 18.8 Å². The van der Waals surface area contributed by atoms with Gasteiger partial charge in [0.15, 0.2) is 0 Å². The normalized spacial score (nSPS) is 25.0. The van der Waals surface area contributed by atoms with E-state index in [2.05, 4.69) is 32.7 Å². The fraction of sp³-hybridized carbons (Fsp3) is 0.722. The Morgan fingerprint density at radius 2 is 2.14 bits per heavy atom. The summed E-state index contributed by atoms with van der Waals surface area (Å²) in [5.41, 5.74) is 0.720. The van der Waals surface area contributed by atoms with Gasteiger partial charge in [-0.05, 0) is 32.3 Å². The maximum atomic E-state index is 12.1. The van der Waals surface area contributed by atoms with Crippen LogP contribution in [0, 0.1) is 5.92 Å². The van der Waals surface area contributed by atoms with Crippen LogP contribution in [-0.4, -0.2) is 37.4 Å². The van der Waals surface area contributed by atoms with E-state index in [1.807, 2.05) is 19.1 Å². The smallest absolute Gasteiger partial charge is 0.333 e. The summed E-state index contributed by atoms with van der Waals surface area (Å²) in [6, 6.07) is 0.196. The first-order valence-electron chi connectivity index (χ1n) is 8.44. The predicted molar refractivity (Wildman–Crippen MR) is 89.7 cm³/mol. The van der Waals surface area contributed by atoms with E-state index in [0.717, 1.165) is 25.0 Å². The molecule has 22 heavy (non-hydrogen) atoms. The van der Waals surface area contributed by atoms with Crippen molar-refractivity contribution in [1.29, 1.82) is 0 Å². The van der Waals surface area contributed by atoms with Gasteiger partial charge in [-0.3, -0.25) is 0 Å². The highest BCUT2D eigenvalue weighted by atomic mass is 16.5. The number of nitrogens with one attached hydrogen (secondary N) is 1. The molecule has 1 aliphatic rings. The molecule has 3 atom stereocenters. The van der Waals surface area contributed by atoms with E-state index in [4.69, 9.17) is 9.47 Å². The summed E-state index contributed by atoms with van der Waals surface area (Å²) in [7, 11) is 0. The molecule has 126 valence electrons. The summed E-state index contributed by atoms with van der Waals surface area (Å²) in [6.07, 6.45) is 6.61. The molecular weight excluding hydrogens is 278 g/mol. The van der Waals surface area contributed by atoms with E-state index in [1.165, 1.54) is 0 Å². The van der Waals surface area contributed by atoms with Gasteiger partial charge in [0.2, 0.25) is 0 Å². The first-order chi connectivity index (χ1) is 10.6. The molecule has 0 aromatic heterocycles. The zero-order chi connectivity index (χ0) is 16.5. The zero-order valence-corrected chi connectivity index (χ0v) is 14.4. The quantitative estimate of drug-likeness (QED) is 0.525. The third-order valence-electron chi connectivity index (χ3n) is 4.28. The second kappa shape index (κ2) is 9.80. The van der Waals surface area contributed by atoms with E-state index < -0.39 is 0 Å². The molecule has 0 saturated heterocycles. The molecule has 0 aromatic rings. The maximum absolute atomic E-state index is 12.1. The van der Waals surface area contributed by atoms with Crippen molar-refractivity contribution in [2.24, 2.45) is 5.92 Å². The number of hydrogen-bond donors (Lipinski definition) is 1. The van der Waals surface area contributed by atoms with Crippen molar-refractivity contribution in [2.75, 3.05) is 13.2 Å². The lowest BCUT2D eigenvalue weighted by molar-refractivity contribution is -0.139. The molecule has 0 aromatic carbocycles. The molecule has 0 amide bonds. The van der Waals surface area contributed by atoms with Crippen molar-refractivity contribution >= 4 is 5.97 Å². The maximum Gasteiger partial charge on any atom is 0.333 e. The summed E-state index contributed by atoms with van der Waals surface area (Å²) in [5.74, 6) is 0.0803. The summed E-state index contributed by atoms with van der Waals surface area (Å²) in [5, 5.41) is 3.44. The molecule has 0 spiro atoms. The van der Waals surface area contributed by atoms with Crippen LogP contribution in [-0.2, 0) is 14.3 Å². The number of ether oxygens (including phenoxy) is 2. The molecule has 0 heterocycles. The minimum atomic E-state index is -0.224. The van der Waals surface area contributed by atoms with Crippen LogP contribution in [0.25, 0.3) is 0 Å². The number of carbonyl (C=O) groups is 1. The van der Waals surface area contributed by atoms with Crippen LogP contribution in [0.15, 0.2) is 24.3 Å². The highest BCUT2D eigenvalue weighted by molar-refractivity contribution is 5.88. The molecule has 1 rings (SSSR count). The topological polar surface area (TPSA) is 47.6 Å². The van der Waals surface area contributed by atoms with E-state index >= 15 is 0 Å². The molecule has 0 radical (unpaired) electrons. The SMILES string of the molecule is C=CCN[C@H]1CC(C(=O)OCC)=C[C@@H](OC(CC)CC)[C@@H]1C. The van der Waals surface area contributed by atoms with Gasteiger partial charge < -0.3 is 14.8 Å². The number of rotatable bonds is 9. The predicted octanol–water partition coefficient (Wildman–Crippen LogP) is 3.23. The molecule has 1 N–H and O–H groups in total. The molecule has 4 heteroatoms. The van der Waals surface area contributed by atoms with Crippen molar-refractivity contribution in [3.63, 3.8) is 0 Å². The second-order valence-corrected chi connectivity index (χ2v) is 5.82. The Kier molecular flexibility index (Phi) is 8.43. The average Bonchev–Trinajstić information content (AvgIpc) is 2.52. The van der Waals surface area contributed by atoms with Gasteiger partial charge in [-0.2, -0.15) is 0 Å². The lowest BCUT2D eigenvalue weighted by Gasteiger charge is -2.36. The minimum Gasteiger partial charge on any atom is -0.463 e. The Balaban J connectivity index is 2.90. The lowest BCUT2D eigenvalue weighted by Crippen LogP contribution is -2.45. The molecular formula is C18H31NO3. The lowest BCUT2D eigenvalue weighted by atomic mass is 9.83. The van der Waals surface area contributed by atoms with Gasteiger partial charge in [0.25, 0.3) is 0 Å². The Hall–Kier alpha value is -1.13. The zero-order valence-electron chi connectivity index (χ0n) is 14.4. The Morgan fingerprint density at radius 3 is 2.68 bits per heavy atom. The van der Waals surface area contributed by atoms with Crippen LogP contribution < -0.4 is 5.32 Å². The number of esters is 1. The Morgan fingerprint density at radius 1 is 1.45 bits per heavy atom. The highest BCUT2D eigenvalue weighted by Gasteiger charge is 2.33. The monoisotopic (exact) mass is 309 g/mol. The fourth-order valence-corrected chi connectivity index (χ4v) is 2.80. The van der Waals surface area contributed by atoms with E-state index in [9.17, 15) is 4.79 Å². The van der Waals surface area contributed by atoms with Gasteiger partial charge in [0, 0.05) is 24.1 Å². The van der Waals surface area contributed by atoms with Crippen LogP contribution >= 0.6 is 0 Å². The molecule has 1 aliphatic carbocycles. The fourth-order valence-electron chi connectivity index (χ4n) is 2.80. The molecule has 0 unspecified atom stereocenters. The second-order valence-electron chi connectivity index (χ2n) is 5.82. The van der Waals surface area contributed by atoms with Crippen LogP contribution in [0.5, 0.6) is 0 Å². The van der Waals surface area contributed by atoms with Gasteiger partial charge in [-0.15, -0.1) is 6.58 Å². The number of carbonyl (C=O) groups excluding carboxylic acids is 1. The van der Waals surface area contributed by atoms with E-state index in [-0.39, 0.29) is 24.2 Å². The molecule has 0 fully saturated rings. The van der Waals surface area contributed by atoms with Crippen LogP contribution in [0.3, 0.4) is 0 Å². The third kappa shape index (κ3) is 5.25. The van der Waals surface area contributed by atoms with Gasteiger partial charge in [0.1, 0.15) is 0 Å². The Labute approximate surface area is 134 Å². The van der Waals surface area contributed by atoms with Crippen LogP contribution in [0.2, 0.25) is 0 Å². The van der Waals surface area contributed by atoms with E-state index in [1.54, 1.807) is 0 Å². The van der Waals surface area contributed by atoms with Crippen molar-refractivity contribution in [3.8, 4) is 0 Å². The van der Waals surface area contributed by atoms with Crippen molar-refractivity contribution < 1.29 is 14.3 Å².